The van der Waals surface area contributed by atoms with Crippen LogP contribution in [0.4, 0.5) is 19.0 Å². The Bertz CT molecular complexity index is 610. The topological polar surface area (TPSA) is 75.1 Å². The first kappa shape index (κ1) is 17.7. The van der Waals surface area contributed by atoms with Gasteiger partial charge in [-0.3, -0.25) is 0 Å². The van der Waals surface area contributed by atoms with Crippen molar-refractivity contribution in [2.45, 2.75) is 26.9 Å². The molecule has 0 aliphatic heterocycles. The van der Waals surface area contributed by atoms with Crippen molar-refractivity contribution in [1.29, 1.82) is 5.41 Å². The smallest absolute Gasteiger partial charge is 0.416 e. The third-order valence-electron chi connectivity index (χ3n) is 2.40. The van der Waals surface area contributed by atoms with Gasteiger partial charge in [0.25, 0.3) is 0 Å². The van der Waals surface area contributed by atoms with Crippen LogP contribution in [0.15, 0.2) is 23.9 Å². The van der Waals surface area contributed by atoms with Crippen molar-refractivity contribution in [2.75, 3.05) is 11.9 Å². The average Bonchev–Trinajstić information content (AvgIpc) is 2.36. The van der Waals surface area contributed by atoms with E-state index in [2.05, 4.69) is 10.3 Å². The minimum Gasteiger partial charge on any atom is -0.461 e. The summed E-state index contributed by atoms with van der Waals surface area (Å²) in [6, 6.07) is 1.69. The van der Waals surface area contributed by atoms with Crippen LogP contribution in [-0.4, -0.2) is 23.3 Å². The van der Waals surface area contributed by atoms with Gasteiger partial charge in [0.05, 0.1) is 12.2 Å². The molecule has 0 aromatic carbocycles. The Hall–Kier alpha value is -2.38. The van der Waals surface area contributed by atoms with Crippen LogP contribution in [0.5, 0.6) is 0 Å². The number of aromatic nitrogens is 1. The van der Waals surface area contributed by atoms with Crippen LogP contribution in [0.1, 0.15) is 25.1 Å². The number of rotatable bonds is 5. The highest BCUT2D eigenvalue weighted by Gasteiger charge is 2.31. The molecule has 0 spiro atoms. The molecule has 1 rings (SSSR count). The van der Waals surface area contributed by atoms with Crippen molar-refractivity contribution in [3.8, 4) is 0 Å². The first-order chi connectivity index (χ1) is 10.1. The summed E-state index contributed by atoms with van der Waals surface area (Å²) in [6.45, 7) is 4.53. The highest BCUT2D eigenvalue weighted by atomic mass is 19.4. The van der Waals surface area contributed by atoms with E-state index in [-0.39, 0.29) is 29.5 Å². The quantitative estimate of drug-likeness (QED) is 0.496. The van der Waals surface area contributed by atoms with Crippen LogP contribution in [0, 0.1) is 12.3 Å². The minimum absolute atomic E-state index is 0.0410. The number of anilines is 1. The van der Waals surface area contributed by atoms with Crippen molar-refractivity contribution in [3.63, 3.8) is 0 Å². The number of nitrogens with one attached hydrogen (secondary N) is 2. The van der Waals surface area contributed by atoms with Gasteiger partial charge in [-0.1, -0.05) is 0 Å². The van der Waals surface area contributed by atoms with Gasteiger partial charge in [0.15, 0.2) is 0 Å². The molecule has 8 heteroatoms. The fourth-order valence-electron chi connectivity index (χ4n) is 1.61. The fraction of sp³-hybridized carbons (Fsp3) is 0.357. The molecule has 0 atom stereocenters. The molecule has 0 amide bonds. The fourth-order valence-corrected chi connectivity index (χ4v) is 1.61. The summed E-state index contributed by atoms with van der Waals surface area (Å²) in [5, 5.41) is 9.86. The molecule has 0 radical (unpaired) electrons. The lowest BCUT2D eigenvalue weighted by molar-refractivity contribution is -0.138. The molecule has 1 heterocycles. The Balaban J connectivity index is 3.16. The molecular weight excluding hydrogens is 299 g/mol. The first-order valence-electron chi connectivity index (χ1n) is 6.40. The Morgan fingerprint density at radius 3 is 2.59 bits per heavy atom. The number of allylic oxidation sites excluding steroid dienone is 1. The number of nitrogens with zero attached hydrogens (tertiary/aromatic N) is 1. The van der Waals surface area contributed by atoms with Gasteiger partial charge in [-0.05, 0) is 39.0 Å². The number of esters is 1. The molecule has 22 heavy (non-hydrogen) atoms. The van der Waals surface area contributed by atoms with E-state index in [0.29, 0.717) is 0 Å². The van der Waals surface area contributed by atoms with E-state index in [0.717, 1.165) is 18.2 Å². The third-order valence-corrected chi connectivity index (χ3v) is 2.40. The van der Waals surface area contributed by atoms with Crippen LogP contribution in [0.2, 0.25) is 0 Å². The van der Waals surface area contributed by atoms with E-state index >= 15 is 0 Å². The summed E-state index contributed by atoms with van der Waals surface area (Å²) >= 11 is 0. The molecule has 0 bridgehead atoms. The van der Waals surface area contributed by atoms with Crippen LogP contribution < -0.4 is 5.32 Å². The number of halogens is 3. The highest BCUT2D eigenvalue weighted by molar-refractivity contribution is 6.01. The lowest BCUT2D eigenvalue weighted by atomic mass is 10.2. The lowest BCUT2D eigenvalue weighted by Gasteiger charge is -2.13. The van der Waals surface area contributed by atoms with Crippen LogP contribution in [0.3, 0.4) is 0 Å². The monoisotopic (exact) mass is 315 g/mol. The van der Waals surface area contributed by atoms with Gasteiger partial charge in [-0.2, -0.15) is 13.2 Å². The predicted octanol–water partition coefficient (Wildman–Crippen LogP) is 3.31. The molecule has 120 valence electrons. The van der Waals surface area contributed by atoms with E-state index in [9.17, 15) is 18.0 Å². The number of carbonyl (C=O) groups is 1. The maximum Gasteiger partial charge on any atom is 0.416 e. The molecule has 0 aliphatic rings. The predicted molar refractivity (Wildman–Crippen MR) is 75.7 cm³/mol. The van der Waals surface area contributed by atoms with Crippen LogP contribution >= 0.6 is 0 Å². The second-order valence-electron chi connectivity index (χ2n) is 4.47. The SMILES string of the molecule is CCOC(=O)/C(=C/C(C)=N)Nc1cc(C(F)(F)F)cc(C)n1. The van der Waals surface area contributed by atoms with Gasteiger partial charge in [-0.25, -0.2) is 9.78 Å². The van der Waals surface area contributed by atoms with Crippen molar-refractivity contribution >= 4 is 17.5 Å². The molecule has 0 fully saturated rings. The number of alkyl halides is 3. The van der Waals surface area contributed by atoms with Crippen LogP contribution in [0.25, 0.3) is 0 Å². The van der Waals surface area contributed by atoms with E-state index in [1.165, 1.54) is 13.8 Å². The highest BCUT2D eigenvalue weighted by Crippen LogP contribution is 2.31. The zero-order valence-corrected chi connectivity index (χ0v) is 12.3. The molecule has 5 nitrogen and oxygen atoms in total. The van der Waals surface area contributed by atoms with E-state index in [4.69, 9.17) is 10.1 Å². The summed E-state index contributed by atoms with van der Waals surface area (Å²) < 4.78 is 43.1. The number of hydrogen-bond acceptors (Lipinski definition) is 5. The van der Waals surface area contributed by atoms with Crippen molar-refractivity contribution in [1.82, 2.24) is 4.98 Å². The number of carbonyl (C=O) groups excluding carboxylic acids is 1. The summed E-state index contributed by atoms with van der Waals surface area (Å²) in [7, 11) is 0. The van der Waals surface area contributed by atoms with Crippen molar-refractivity contribution < 1.29 is 22.7 Å². The normalized spacial score (nSPS) is 12.0. The molecule has 0 unspecified atom stereocenters. The zero-order valence-electron chi connectivity index (χ0n) is 12.3. The van der Waals surface area contributed by atoms with Gasteiger partial charge in [-0.15, -0.1) is 0 Å². The number of hydrogen-bond donors (Lipinski definition) is 2. The standard InChI is InChI=1S/C14H16F3N3O2/c1-4-22-13(21)11(5-8(2)18)20-12-7-10(14(15,16)17)6-9(3)19-12/h5-7,18H,4H2,1-3H3,(H,19,20)/b11-5-,18-8?. The Morgan fingerprint density at radius 2 is 2.09 bits per heavy atom. The van der Waals surface area contributed by atoms with Gasteiger partial charge in [0.1, 0.15) is 11.5 Å². The van der Waals surface area contributed by atoms with E-state index < -0.39 is 17.7 Å². The summed E-state index contributed by atoms with van der Waals surface area (Å²) in [5.41, 5.74) is -0.843. The second-order valence-corrected chi connectivity index (χ2v) is 4.47. The second kappa shape index (κ2) is 7.06. The molecule has 2 N–H and O–H groups in total. The maximum atomic E-state index is 12.8. The van der Waals surface area contributed by atoms with Crippen molar-refractivity contribution in [3.05, 3.63) is 35.2 Å². The molecule has 0 saturated carbocycles. The van der Waals surface area contributed by atoms with Gasteiger partial charge >= 0.3 is 12.1 Å². The van der Waals surface area contributed by atoms with Crippen molar-refractivity contribution in [2.24, 2.45) is 0 Å². The lowest BCUT2D eigenvalue weighted by Crippen LogP contribution is -2.17. The summed E-state index contributed by atoms with van der Waals surface area (Å²) in [4.78, 5) is 15.7. The number of aryl methyl sites for hydroxylation is 1. The third kappa shape index (κ3) is 5.19. The molecule has 0 saturated heterocycles. The Kier molecular flexibility index (Phi) is 5.67. The number of ether oxygens (including phenoxy) is 1. The Labute approximate surface area is 125 Å². The zero-order chi connectivity index (χ0) is 16.9. The minimum atomic E-state index is -4.52. The average molecular weight is 315 g/mol. The van der Waals surface area contributed by atoms with E-state index in [1.54, 1.807) is 6.92 Å². The van der Waals surface area contributed by atoms with Crippen LogP contribution in [-0.2, 0) is 15.7 Å². The number of pyridine rings is 1. The van der Waals surface area contributed by atoms with E-state index in [1.807, 2.05) is 0 Å². The van der Waals surface area contributed by atoms with Gasteiger partial charge in [0, 0.05) is 11.4 Å². The molecule has 1 aromatic heterocycles. The maximum absolute atomic E-state index is 12.8. The summed E-state index contributed by atoms with van der Waals surface area (Å²) in [6.07, 6.45) is -3.36. The first-order valence-corrected chi connectivity index (χ1v) is 6.40. The Morgan fingerprint density at radius 1 is 1.45 bits per heavy atom. The molecule has 1 aromatic rings. The largest absolute Gasteiger partial charge is 0.461 e. The molecular formula is C14H16F3N3O2. The summed E-state index contributed by atoms with van der Waals surface area (Å²) in [5.74, 6) is -0.918. The molecule has 0 aliphatic carbocycles. The van der Waals surface area contributed by atoms with Gasteiger partial charge in [0.2, 0.25) is 0 Å². The van der Waals surface area contributed by atoms with Gasteiger partial charge < -0.3 is 15.5 Å².